The molecule has 5 nitrogen and oxygen atoms in total. The van der Waals surface area contributed by atoms with E-state index >= 15 is 0 Å². The Morgan fingerprint density at radius 2 is 1.85 bits per heavy atom. The van der Waals surface area contributed by atoms with E-state index in [2.05, 4.69) is 17.3 Å². The molecule has 5 heteroatoms. The zero-order chi connectivity index (χ0) is 14.9. The molecule has 2 aliphatic rings. The highest BCUT2D eigenvalue weighted by molar-refractivity contribution is 5.97. The quantitative estimate of drug-likeness (QED) is 0.834. The monoisotopic (exact) mass is 281 g/mol. The van der Waals surface area contributed by atoms with Gasteiger partial charge in [-0.05, 0) is 45.3 Å². The lowest BCUT2D eigenvalue weighted by atomic mass is 9.92. The minimum Gasteiger partial charge on any atom is -0.342 e. The Labute approximate surface area is 121 Å². The number of piperazine rings is 1. The second-order valence-electron chi connectivity index (χ2n) is 6.43. The molecule has 2 fully saturated rings. The summed E-state index contributed by atoms with van der Waals surface area (Å²) in [6.45, 7) is 7.96. The van der Waals surface area contributed by atoms with Gasteiger partial charge in [-0.1, -0.05) is 20.8 Å². The summed E-state index contributed by atoms with van der Waals surface area (Å²) in [6, 6.07) is -0.424. The van der Waals surface area contributed by atoms with Crippen molar-refractivity contribution in [2.75, 3.05) is 20.1 Å². The van der Waals surface area contributed by atoms with E-state index in [0.29, 0.717) is 6.42 Å². The Morgan fingerprint density at radius 1 is 1.25 bits per heavy atom. The highest BCUT2D eigenvalue weighted by Crippen LogP contribution is 2.25. The van der Waals surface area contributed by atoms with E-state index in [9.17, 15) is 9.59 Å². The summed E-state index contributed by atoms with van der Waals surface area (Å²) in [5.74, 6) is 0.267. The van der Waals surface area contributed by atoms with Crippen LogP contribution in [0.2, 0.25) is 0 Å². The third kappa shape index (κ3) is 2.82. The third-order valence-electron chi connectivity index (χ3n) is 4.59. The van der Waals surface area contributed by atoms with Crippen LogP contribution in [-0.2, 0) is 9.59 Å². The van der Waals surface area contributed by atoms with E-state index in [0.717, 1.165) is 25.9 Å². The zero-order valence-electron chi connectivity index (χ0n) is 13.1. The van der Waals surface area contributed by atoms with Crippen LogP contribution in [0.3, 0.4) is 0 Å². The van der Waals surface area contributed by atoms with Crippen LogP contribution in [0.5, 0.6) is 0 Å². The molecule has 2 heterocycles. The summed E-state index contributed by atoms with van der Waals surface area (Å²) < 4.78 is 0. The summed E-state index contributed by atoms with van der Waals surface area (Å²) >= 11 is 0. The molecule has 0 aromatic heterocycles. The molecule has 0 aromatic rings. The molecule has 0 radical (unpaired) electrons. The summed E-state index contributed by atoms with van der Waals surface area (Å²) in [5.41, 5.74) is 0. The SMILES string of the molecule is CCC1C(=O)NC(C(C)C)C(=O)N1C1CCN(C)CC1. The number of piperidine rings is 1. The van der Waals surface area contributed by atoms with Gasteiger partial charge in [0.25, 0.3) is 0 Å². The molecule has 0 saturated carbocycles. The van der Waals surface area contributed by atoms with E-state index < -0.39 is 0 Å². The number of amides is 2. The molecule has 0 aromatic carbocycles. The number of nitrogens with one attached hydrogen (secondary N) is 1. The zero-order valence-corrected chi connectivity index (χ0v) is 13.1. The normalized spacial score (nSPS) is 29.9. The minimum atomic E-state index is -0.357. The van der Waals surface area contributed by atoms with Crippen molar-refractivity contribution >= 4 is 11.8 Å². The molecular weight excluding hydrogens is 254 g/mol. The summed E-state index contributed by atoms with van der Waals surface area (Å²) in [7, 11) is 2.11. The number of hydrogen-bond donors (Lipinski definition) is 1. The van der Waals surface area contributed by atoms with Crippen LogP contribution in [0.1, 0.15) is 40.0 Å². The van der Waals surface area contributed by atoms with Gasteiger partial charge in [-0.25, -0.2) is 0 Å². The van der Waals surface area contributed by atoms with Gasteiger partial charge in [0, 0.05) is 6.04 Å². The maximum Gasteiger partial charge on any atom is 0.246 e. The van der Waals surface area contributed by atoms with Crippen molar-refractivity contribution in [1.29, 1.82) is 0 Å². The van der Waals surface area contributed by atoms with E-state index in [1.165, 1.54) is 0 Å². The van der Waals surface area contributed by atoms with Crippen LogP contribution in [0.25, 0.3) is 0 Å². The third-order valence-corrected chi connectivity index (χ3v) is 4.59. The second kappa shape index (κ2) is 6.12. The maximum absolute atomic E-state index is 12.8. The predicted octanol–water partition coefficient (Wildman–Crippen LogP) is 0.842. The average Bonchev–Trinajstić information content (AvgIpc) is 2.41. The van der Waals surface area contributed by atoms with Gasteiger partial charge in [0.05, 0.1) is 0 Å². The molecular formula is C15H27N3O2. The van der Waals surface area contributed by atoms with Gasteiger partial charge >= 0.3 is 0 Å². The first kappa shape index (κ1) is 15.3. The van der Waals surface area contributed by atoms with Gasteiger partial charge in [-0.3, -0.25) is 9.59 Å². The number of carbonyl (C=O) groups is 2. The van der Waals surface area contributed by atoms with Crippen molar-refractivity contribution in [2.24, 2.45) is 5.92 Å². The molecule has 2 saturated heterocycles. The summed E-state index contributed by atoms with van der Waals surface area (Å²) in [5, 5.41) is 2.90. The van der Waals surface area contributed by atoms with Gasteiger partial charge in [0.15, 0.2) is 0 Å². The molecule has 0 spiro atoms. The van der Waals surface area contributed by atoms with Crippen molar-refractivity contribution in [3.8, 4) is 0 Å². The van der Waals surface area contributed by atoms with Gasteiger partial charge in [0.2, 0.25) is 11.8 Å². The van der Waals surface area contributed by atoms with Crippen molar-refractivity contribution in [2.45, 2.75) is 58.2 Å². The smallest absolute Gasteiger partial charge is 0.246 e. The first-order valence-electron chi connectivity index (χ1n) is 7.76. The van der Waals surface area contributed by atoms with Gasteiger partial charge < -0.3 is 15.1 Å². The van der Waals surface area contributed by atoms with E-state index in [-0.39, 0.29) is 35.9 Å². The van der Waals surface area contributed by atoms with Crippen LogP contribution in [0, 0.1) is 5.92 Å². The lowest BCUT2D eigenvalue weighted by Crippen LogP contribution is -2.67. The molecule has 0 bridgehead atoms. The topological polar surface area (TPSA) is 52.7 Å². The first-order valence-corrected chi connectivity index (χ1v) is 7.76. The molecule has 2 atom stereocenters. The molecule has 20 heavy (non-hydrogen) atoms. The van der Waals surface area contributed by atoms with Crippen molar-refractivity contribution in [3.05, 3.63) is 0 Å². The largest absolute Gasteiger partial charge is 0.342 e. The van der Waals surface area contributed by atoms with Crippen LogP contribution < -0.4 is 5.32 Å². The number of nitrogens with zero attached hydrogens (tertiary/aromatic N) is 2. The van der Waals surface area contributed by atoms with Gasteiger partial charge in [-0.15, -0.1) is 0 Å². The molecule has 0 aliphatic carbocycles. The highest BCUT2D eigenvalue weighted by Gasteiger charge is 2.44. The second-order valence-corrected chi connectivity index (χ2v) is 6.43. The fourth-order valence-electron chi connectivity index (χ4n) is 3.29. The van der Waals surface area contributed by atoms with Crippen LogP contribution in [0.15, 0.2) is 0 Å². The summed E-state index contributed by atoms with van der Waals surface area (Å²) in [4.78, 5) is 29.2. The molecule has 2 unspecified atom stereocenters. The molecule has 114 valence electrons. The van der Waals surface area contributed by atoms with Crippen LogP contribution in [-0.4, -0.2) is 59.9 Å². The molecule has 2 amide bonds. The van der Waals surface area contributed by atoms with E-state index in [1.54, 1.807) is 0 Å². The number of likely N-dealkylation sites (tertiary alicyclic amines) is 1. The molecule has 2 rings (SSSR count). The highest BCUT2D eigenvalue weighted by atomic mass is 16.2. The minimum absolute atomic E-state index is 0.0183. The van der Waals surface area contributed by atoms with E-state index in [4.69, 9.17) is 0 Å². The Morgan fingerprint density at radius 3 is 2.35 bits per heavy atom. The fraction of sp³-hybridized carbons (Fsp3) is 0.867. The fourth-order valence-corrected chi connectivity index (χ4v) is 3.29. The number of carbonyl (C=O) groups excluding carboxylic acids is 2. The van der Waals surface area contributed by atoms with E-state index in [1.807, 2.05) is 25.7 Å². The Kier molecular flexibility index (Phi) is 4.68. The van der Waals surface area contributed by atoms with Crippen molar-refractivity contribution < 1.29 is 9.59 Å². The van der Waals surface area contributed by atoms with Crippen molar-refractivity contribution in [3.63, 3.8) is 0 Å². The average molecular weight is 281 g/mol. The lowest BCUT2D eigenvalue weighted by Gasteiger charge is -2.46. The van der Waals surface area contributed by atoms with Crippen LogP contribution in [0.4, 0.5) is 0 Å². The van der Waals surface area contributed by atoms with Crippen LogP contribution >= 0.6 is 0 Å². The Hall–Kier alpha value is -1.10. The first-order chi connectivity index (χ1) is 9.45. The van der Waals surface area contributed by atoms with Gasteiger partial charge in [-0.2, -0.15) is 0 Å². The Bertz CT molecular complexity index is 375. The molecule has 1 N–H and O–H groups in total. The van der Waals surface area contributed by atoms with Crippen molar-refractivity contribution in [1.82, 2.24) is 15.1 Å². The molecule has 2 aliphatic heterocycles. The maximum atomic E-state index is 12.8. The Balaban J connectivity index is 2.20. The van der Waals surface area contributed by atoms with Gasteiger partial charge in [0.1, 0.15) is 12.1 Å². The standard InChI is InChI=1S/C15H27N3O2/c1-5-12-14(19)16-13(10(2)3)15(20)18(12)11-6-8-17(4)9-7-11/h10-13H,5-9H2,1-4H3,(H,16,19). The lowest BCUT2D eigenvalue weighted by molar-refractivity contribution is -0.154. The number of rotatable bonds is 3. The summed E-state index contributed by atoms with van der Waals surface area (Å²) in [6.07, 6.45) is 2.63. The number of hydrogen-bond acceptors (Lipinski definition) is 3. The predicted molar refractivity (Wildman–Crippen MR) is 78.2 cm³/mol.